The highest BCUT2D eigenvalue weighted by Gasteiger charge is 2.31. The number of aromatic nitrogens is 3. The molecule has 0 aliphatic carbocycles. The molecule has 0 unspecified atom stereocenters. The highest BCUT2D eigenvalue weighted by atomic mass is 19.4. The maximum Gasteiger partial charge on any atom is 0.416 e. The van der Waals surface area contributed by atoms with Gasteiger partial charge in [0.15, 0.2) is 0 Å². The lowest BCUT2D eigenvalue weighted by Gasteiger charge is -2.30. The average molecular weight is 641 g/mol. The number of hydrogen-bond donors (Lipinski definition) is 1. The standard InChI is InChI=1S/C36H35F3N6O2/c1-4-5-21-44(2)35(47)33(30-10-6-7-19-40-30)45(3)23-24-11-17-29-26(22-24)14-18-31(42-29)43-34(46)28-9-8-20-41-32(28)25-12-15-27(16-13-25)36(37,38)39/h6-20,22,33H,4-5,21,23H2,1-3H3,(H,42,43,46)/t33-/m0/s1. The summed E-state index contributed by atoms with van der Waals surface area (Å²) in [5, 5.41) is 3.63. The number of hydrogen-bond acceptors (Lipinski definition) is 6. The molecule has 11 heteroatoms. The third-order valence-electron chi connectivity index (χ3n) is 7.83. The van der Waals surface area contributed by atoms with Crippen LogP contribution in [0.25, 0.3) is 22.2 Å². The maximum atomic E-state index is 13.5. The van der Waals surface area contributed by atoms with E-state index < -0.39 is 23.7 Å². The molecule has 3 aromatic heterocycles. The molecule has 0 aliphatic heterocycles. The van der Waals surface area contributed by atoms with Crippen LogP contribution in [0.1, 0.15) is 53.0 Å². The Kier molecular flexibility index (Phi) is 10.3. The third kappa shape index (κ3) is 7.98. The van der Waals surface area contributed by atoms with Crippen LogP contribution in [0.15, 0.2) is 97.3 Å². The predicted molar refractivity (Wildman–Crippen MR) is 175 cm³/mol. The molecule has 8 nitrogen and oxygen atoms in total. The first kappa shape index (κ1) is 33.2. The summed E-state index contributed by atoms with van der Waals surface area (Å²) in [6.45, 7) is 3.25. The lowest BCUT2D eigenvalue weighted by Crippen LogP contribution is -2.40. The highest BCUT2D eigenvalue weighted by molar-refractivity contribution is 6.08. The van der Waals surface area contributed by atoms with Gasteiger partial charge in [0.05, 0.1) is 28.0 Å². The molecule has 0 bridgehead atoms. The molecule has 1 atom stereocenters. The van der Waals surface area contributed by atoms with Gasteiger partial charge in [-0.1, -0.05) is 37.6 Å². The fourth-order valence-electron chi connectivity index (χ4n) is 5.33. The summed E-state index contributed by atoms with van der Waals surface area (Å²) in [5.41, 5.74) is 2.36. The zero-order valence-electron chi connectivity index (χ0n) is 26.3. The number of amides is 2. The molecule has 5 aromatic rings. The highest BCUT2D eigenvalue weighted by Crippen LogP contribution is 2.31. The number of unbranched alkanes of at least 4 members (excludes halogenated alkanes) is 1. The smallest absolute Gasteiger partial charge is 0.344 e. The number of nitrogens with one attached hydrogen (secondary N) is 1. The second kappa shape index (κ2) is 14.5. The molecule has 0 saturated carbocycles. The quantitative estimate of drug-likeness (QED) is 0.162. The first-order chi connectivity index (χ1) is 22.5. The number of carbonyl (C=O) groups excluding carboxylic acids is 2. The molecule has 242 valence electrons. The van der Waals surface area contributed by atoms with Crippen molar-refractivity contribution in [2.24, 2.45) is 0 Å². The fraction of sp³-hybridized carbons (Fsp3) is 0.250. The number of nitrogens with zero attached hydrogens (tertiary/aromatic N) is 5. The number of fused-ring (bicyclic) bond motifs is 1. The lowest BCUT2D eigenvalue weighted by atomic mass is 10.0. The van der Waals surface area contributed by atoms with E-state index in [0.717, 1.165) is 35.9 Å². The Labute approximate surface area is 271 Å². The fourth-order valence-corrected chi connectivity index (χ4v) is 5.33. The van der Waals surface area contributed by atoms with Crippen molar-refractivity contribution in [2.45, 2.75) is 38.5 Å². The van der Waals surface area contributed by atoms with Crippen LogP contribution in [0.4, 0.5) is 19.0 Å². The van der Waals surface area contributed by atoms with Crippen LogP contribution >= 0.6 is 0 Å². The molecule has 5 rings (SSSR count). The predicted octanol–water partition coefficient (Wildman–Crippen LogP) is 7.39. The van der Waals surface area contributed by atoms with Gasteiger partial charge < -0.3 is 10.2 Å². The van der Waals surface area contributed by atoms with Crippen molar-refractivity contribution in [3.63, 3.8) is 0 Å². The van der Waals surface area contributed by atoms with E-state index in [1.165, 1.54) is 18.3 Å². The van der Waals surface area contributed by atoms with E-state index in [1.807, 2.05) is 61.5 Å². The second-order valence-electron chi connectivity index (χ2n) is 11.3. The number of carbonyl (C=O) groups is 2. The minimum absolute atomic E-state index is 0.0161. The molecule has 47 heavy (non-hydrogen) atoms. The van der Waals surface area contributed by atoms with E-state index in [9.17, 15) is 22.8 Å². The first-order valence-corrected chi connectivity index (χ1v) is 15.2. The van der Waals surface area contributed by atoms with Crippen molar-refractivity contribution in [1.29, 1.82) is 0 Å². The molecule has 0 fully saturated rings. The molecule has 0 spiro atoms. The maximum absolute atomic E-state index is 13.5. The Bertz CT molecular complexity index is 1850. The first-order valence-electron chi connectivity index (χ1n) is 15.2. The number of likely N-dealkylation sites (N-methyl/N-ethyl adjacent to an activating group) is 2. The molecular weight excluding hydrogens is 605 g/mol. The second-order valence-corrected chi connectivity index (χ2v) is 11.3. The number of alkyl halides is 3. The summed E-state index contributed by atoms with van der Waals surface area (Å²) in [4.78, 5) is 43.9. The zero-order chi connectivity index (χ0) is 33.6. The van der Waals surface area contributed by atoms with Gasteiger partial charge in [-0.3, -0.25) is 24.5 Å². The zero-order valence-corrected chi connectivity index (χ0v) is 26.3. The number of pyridine rings is 3. The lowest BCUT2D eigenvalue weighted by molar-refractivity contribution is -0.137. The van der Waals surface area contributed by atoms with Crippen molar-refractivity contribution >= 4 is 28.5 Å². The Balaban J connectivity index is 1.32. The van der Waals surface area contributed by atoms with Crippen LogP contribution in [0.5, 0.6) is 0 Å². The SMILES string of the molecule is CCCCN(C)C(=O)[C@H](c1ccccn1)N(C)Cc1ccc2nc(NC(=O)c3cccnc3-c3ccc(C(F)(F)F)cc3)ccc2c1. The molecule has 0 aliphatic rings. The van der Waals surface area contributed by atoms with Gasteiger partial charge in [0.2, 0.25) is 5.91 Å². The topological polar surface area (TPSA) is 91.3 Å². The largest absolute Gasteiger partial charge is 0.416 e. The van der Waals surface area contributed by atoms with Crippen LogP contribution in [0.3, 0.4) is 0 Å². The third-order valence-corrected chi connectivity index (χ3v) is 7.83. The van der Waals surface area contributed by atoms with E-state index in [0.29, 0.717) is 35.7 Å². The van der Waals surface area contributed by atoms with E-state index in [4.69, 9.17) is 0 Å². The van der Waals surface area contributed by atoms with E-state index in [-0.39, 0.29) is 17.2 Å². The number of halogens is 3. The average Bonchev–Trinajstić information content (AvgIpc) is 3.07. The van der Waals surface area contributed by atoms with Gasteiger partial charge in [-0.05, 0) is 79.7 Å². The Morgan fingerprint density at radius 1 is 0.894 bits per heavy atom. The van der Waals surface area contributed by atoms with Crippen LogP contribution in [-0.4, -0.2) is 57.2 Å². The van der Waals surface area contributed by atoms with Gasteiger partial charge in [0.1, 0.15) is 11.9 Å². The Morgan fingerprint density at radius 3 is 2.36 bits per heavy atom. The summed E-state index contributed by atoms with van der Waals surface area (Å²) in [6.07, 6.45) is 0.617. The molecule has 0 saturated heterocycles. The number of anilines is 1. The summed E-state index contributed by atoms with van der Waals surface area (Å²) < 4.78 is 39.1. The van der Waals surface area contributed by atoms with Crippen molar-refractivity contribution in [1.82, 2.24) is 24.8 Å². The number of rotatable bonds is 11. The summed E-state index contributed by atoms with van der Waals surface area (Å²) in [6, 6.07) is 22.0. The van der Waals surface area contributed by atoms with Crippen LogP contribution in [0, 0.1) is 0 Å². The Hall–Kier alpha value is -5.16. The molecule has 0 radical (unpaired) electrons. The van der Waals surface area contributed by atoms with Crippen LogP contribution < -0.4 is 5.32 Å². The normalized spacial score (nSPS) is 12.2. The summed E-state index contributed by atoms with van der Waals surface area (Å²) in [7, 11) is 3.73. The minimum Gasteiger partial charge on any atom is -0.344 e. The van der Waals surface area contributed by atoms with Gasteiger partial charge in [-0.25, -0.2) is 4.98 Å². The molecule has 1 N–H and O–H groups in total. The molecule has 3 heterocycles. The van der Waals surface area contributed by atoms with Gasteiger partial charge in [0, 0.05) is 43.5 Å². The molecule has 2 amide bonds. The van der Waals surface area contributed by atoms with E-state index in [2.05, 4.69) is 27.2 Å². The van der Waals surface area contributed by atoms with Crippen molar-refractivity contribution < 1.29 is 22.8 Å². The van der Waals surface area contributed by atoms with Crippen LogP contribution in [0.2, 0.25) is 0 Å². The van der Waals surface area contributed by atoms with Crippen molar-refractivity contribution in [3.8, 4) is 11.3 Å². The van der Waals surface area contributed by atoms with Crippen molar-refractivity contribution in [2.75, 3.05) is 26.0 Å². The minimum atomic E-state index is -4.46. The van der Waals surface area contributed by atoms with Gasteiger partial charge >= 0.3 is 6.18 Å². The van der Waals surface area contributed by atoms with Crippen molar-refractivity contribution in [3.05, 3.63) is 120 Å². The summed E-state index contributed by atoms with van der Waals surface area (Å²) in [5.74, 6) is -0.199. The van der Waals surface area contributed by atoms with Gasteiger partial charge in [-0.2, -0.15) is 13.2 Å². The van der Waals surface area contributed by atoms with E-state index in [1.54, 1.807) is 29.3 Å². The van der Waals surface area contributed by atoms with Gasteiger partial charge in [-0.15, -0.1) is 0 Å². The number of benzene rings is 2. The molecule has 2 aromatic carbocycles. The summed E-state index contributed by atoms with van der Waals surface area (Å²) >= 11 is 0. The monoisotopic (exact) mass is 640 g/mol. The Morgan fingerprint density at radius 2 is 1.66 bits per heavy atom. The van der Waals surface area contributed by atoms with E-state index >= 15 is 0 Å². The molecular formula is C36H35F3N6O2. The van der Waals surface area contributed by atoms with Gasteiger partial charge in [0.25, 0.3) is 5.91 Å². The van der Waals surface area contributed by atoms with Crippen LogP contribution in [-0.2, 0) is 17.5 Å².